The zero-order valence-electron chi connectivity index (χ0n) is 10.6. The fourth-order valence-corrected chi connectivity index (χ4v) is 1.17. The van der Waals surface area contributed by atoms with Gasteiger partial charge in [0, 0.05) is 18.5 Å². The number of carbonyl (C=O) groups is 2. The Balaban J connectivity index is 3.75. The van der Waals surface area contributed by atoms with Crippen molar-refractivity contribution < 1.29 is 9.59 Å². The molecule has 0 fully saturated rings. The lowest BCUT2D eigenvalue weighted by molar-refractivity contribution is -0.128. The molecule has 0 aliphatic carbocycles. The molecule has 0 heterocycles. The van der Waals surface area contributed by atoms with Gasteiger partial charge in [-0.05, 0) is 20.4 Å². The van der Waals surface area contributed by atoms with Crippen molar-refractivity contribution in [3.63, 3.8) is 0 Å². The number of nitrogens with one attached hydrogen (secondary N) is 3. The summed E-state index contributed by atoms with van der Waals surface area (Å²) in [6, 6.07) is 0.101. The monoisotopic (exact) mass is 229 g/mol. The van der Waals surface area contributed by atoms with Gasteiger partial charge in [0.1, 0.15) is 0 Å². The van der Waals surface area contributed by atoms with Crippen LogP contribution in [-0.4, -0.2) is 37.5 Å². The van der Waals surface area contributed by atoms with Crippen LogP contribution in [0.2, 0.25) is 0 Å². The zero-order valence-corrected chi connectivity index (χ0v) is 10.6. The molecule has 0 rings (SSSR count). The van der Waals surface area contributed by atoms with Gasteiger partial charge < -0.3 is 16.0 Å². The van der Waals surface area contributed by atoms with Crippen LogP contribution in [0.4, 0.5) is 0 Å². The van der Waals surface area contributed by atoms with Crippen LogP contribution in [0.5, 0.6) is 0 Å². The predicted molar refractivity (Wildman–Crippen MR) is 64.0 cm³/mol. The highest BCUT2D eigenvalue weighted by Gasteiger charge is 2.13. The van der Waals surface area contributed by atoms with E-state index in [0.717, 1.165) is 6.54 Å². The molecule has 0 saturated heterocycles. The van der Waals surface area contributed by atoms with Crippen LogP contribution in [-0.2, 0) is 9.59 Å². The second kappa shape index (κ2) is 8.10. The van der Waals surface area contributed by atoms with Gasteiger partial charge in [-0.25, -0.2) is 0 Å². The number of carbonyl (C=O) groups excluding carboxylic acids is 2. The third-order valence-corrected chi connectivity index (χ3v) is 2.02. The molecule has 0 radical (unpaired) electrons. The molecule has 0 aromatic rings. The molecule has 94 valence electrons. The maximum atomic E-state index is 11.5. The van der Waals surface area contributed by atoms with Gasteiger partial charge in [-0.2, -0.15) is 0 Å². The molecule has 5 heteroatoms. The van der Waals surface area contributed by atoms with Crippen LogP contribution in [0.15, 0.2) is 0 Å². The van der Waals surface area contributed by atoms with E-state index in [4.69, 9.17) is 0 Å². The molecule has 2 amide bonds. The molecule has 1 unspecified atom stereocenters. The topological polar surface area (TPSA) is 70.2 Å². The third kappa shape index (κ3) is 7.23. The van der Waals surface area contributed by atoms with Gasteiger partial charge in [-0.1, -0.05) is 13.8 Å². The Kier molecular flexibility index (Phi) is 7.54. The quantitative estimate of drug-likeness (QED) is 0.569. The highest BCUT2D eigenvalue weighted by Crippen LogP contribution is 1.91. The third-order valence-electron chi connectivity index (χ3n) is 2.02. The summed E-state index contributed by atoms with van der Waals surface area (Å²) in [5.41, 5.74) is 0. The molecule has 3 N–H and O–H groups in total. The standard InChI is InChI=1S/C11H23N3O2/c1-5-12-6-9(4)11(16)13-7-10(15)14-8(2)3/h8-9,12H,5-7H2,1-4H3,(H,13,16)(H,14,15). The molecule has 0 aliphatic heterocycles. The Morgan fingerprint density at radius 3 is 2.31 bits per heavy atom. The maximum absolute atomic E-state index is 11.5. The highest BCUT2D eigenvalue weighted by atomic mass is 16.2. The summed E-state index contributed by atoms with van der Waals surface area (Å²) in [4.78, 5) is 22.8. The Hall–Kier alpha value is -1.10. The second-order valence-electron chi connectivity index (χ2n) is 4.15. The van der Waals surface area contributed by atoms with Crippen molar-refractivity contribution in [3.05, 3.63) is 0 Å². The normalized spacial score (nSPS) is 12.3. The molecule has 5 nitrogen and oxygen atoms in total. The molecule has 0 aromatic carbocycles. The van der Waals surface area contributed by atoms with Gasteiger partial charge in [0.15, 0.2) is 0 Å². The highest BCUT2D eigenvalue weighted by molar-refractivity contribution is 5.85. The van der Waals surface area contributed by atoms with Crippen molar-refractivity contribution >= 4 is 11.8 Å². The van der Waals surface area contributed by atoms with Crippen molar-refractivity contribution in [1.29, 1.82) is 0 Å². The number of hydrogen-bond acceptors (Lipinski definition) is 3. The Morgan fingerprint density at radius 2 is 1.81 bits per heavy atom. The van der Waals surface area contributed by atoms with E-state index in [-0.39, 0.29) is 30.3 Å². The van der Waals surface area contributed by atoms with E-state index in [1.54, 1.807) is 0 Å². The minimum atomic E-state index is -0.154. The number of hydrogen-bond donors (Lipinski definition) is 3. The Bertz CT molecular complexity index is 229. The average Bonchev–Trinajstić information content (AvgIpc) is 2.21. The average molecular weight is 229 g/mol. The first-order valence-electron chi connectivity index (χ1n) is 5.75. The molecular weight excluding hydrogens is 206 g/mol. The molecule has 0 aliphatic rings. The van der Waals surface area contributed by atoms with Gasteiger partial charge in [-0.3, -0.25) is 9.59 Å². The minimum absolute atomic E-state index is 0.0491. The van der Waals surface area contributed by atoms with E-state index >= 15 is 0 Å². The SMILES string of the molecule is CCNCC(C)C(=O)NCC(=O)NC(C)C. The van der Waals surface area contributed by atoms with Crippen LogP contribution in [0.3, 0.4) is 0 Å². The fourth-order valence-electron chi connectivity index (χ4n) is 1.17. The fraction of sp³-hybridized carbons (Fsp3) is 0.818. The number of amides is 2. The summed E-state index contributed by atoms with van der Waals surface area (Å²) in [5, 5.41) is 8.40. The Labute approximate surface area is 97.4 Å². The first-order chi connectivity index (χ1) is 7.47. The van der Waals surface area contributed by atoms with Crippen LogP contribution >= 0.6 is 0 Å². The lowest BCUT2D eigenvalue weighted by Crippen LogP contribution is -2.42. The lowest BCUT2D eigenvalue weighted by Gasteiger charge is -2.13. The van der Waals surface area contributed by atoms with Gasteiger partial charge >= 0.3 is 0 Å². The van der Waals surface area contributed by atoms with Crippen LogP contribution in [0, 0.1) is 5.92 Å². The molecule has 16 heavy (non-hydrogen) atoms. The van der Waals surface area contributed by atoms with Crippen LogP contribution in [0.1, 0.15) is 27.7 Å². The molecule has 1 atom stereocenters. The van der Waals surface area contributed by atoms with Gasteiger partial charge in [0.25, 0.3) is 0 Å². The molecule has 0 saturated carbocycles. The van der Waals surface area contributed by atoms with Crippen LogP contribution in [0.25, 0.3) is 0 Å². The smallest absolute Gasteiger partial charge is 0.239 e. The summed E-state index contributed by atoms with van der Waals surface area (Å²) in [6.07, 6.45) is 0. The van der Waals surface area contributed by atoms with Crippen LogP contribution < -0.4 is 16.0 Å². The van der Waals surface area contributed by atoms with Crippen molar-refractivity contribution in [2.75, 3.05) is 19.6 Å². The van der Waals surface area contributed by atoms with Gasteiger partial charge in [0.05, 0.1) is 6.54 Å². The van der Waals surface area contributed by atoms with E-state index < -0.39 is 0 Å². The summed E-state index contributed by atoms with van der Waals surface area (Å²) in [5.74, 6) is -0.370. The van der Waals surface area contributed by atoms with Gasteiger partial charge in [-0.15, -0.1) is 0 Å². The molecule has 0 bridgehead atoms. The minimum Gasteiger partial charge on any atom is -0.352 e. The van der Waals surface area contributed by atoms with Gasteiger partial charge in [0.2, 0.25) is 11.8 Å². The summed E-state index contributed by atoms with van der Waals surface area (Å²) in [7, 11) is 0. The number of rotatable bonds is 7. The molecule has 0 spiro atoms. The molecule has 0 aromatic heterocycles. The lowest BCUT2D eigenvalue weighted by atomic mass is 10.1. The van der Waals surface area contributed by atoms with Crippen molar-refractivity contribution in [2.24, 2.45) is 5.92 Å². The van der Waals surface area contributed by atoms with Crippen molar-refractivity contribution in [2.45, 2.75) is 33.7 Å². The van der Waals surface area contributed by atoms with E-state index in [1.807, 2.05) is 27.7 Å². The second-order valence-corrected chi connectivity index (χ2v) is 4.15. The van der Waals surface area contributed by atoms with E-state index in [9.17, 15) is 9.59 Å². The van der Waals surface area contributed by atoms with Crippen molar-refractivity contribution in [1.82, 2.24) is 16.0 Å². The van der Waals surface area contributed by atoms with E-state index in [0.29, 0.717) is 6.54 Å². The van der Waals surface area contributed by atoms with E-state index in [1.165, 1.54) is 0 Å². The van der Waals surface area contributed by atoms with E-state index in [2.05, 4.69) is 16.0 Å². The first-order valence-corrected chi connectivity index (χ1v) is 5.75. The largest absolute Gasteiger partial charge is 0.352 e. The van der Waals surface area contributed by atoms with Crippen molar-refractivity contribution in [3.8, 4) is 0 Å². The summed E-state index contributed by atoms with van der Waals surface area (Å²) in [6.45, 7) is 9.10. The molecular formula is C11H23N3O2. The summed E-state index contributed by atoms with van der Waals surface area (Å²) < 4.78 is 0. The zero-order chi connectivity index (χ0) is 12.6. The first kappa shape index (κ1) is 14.9. The summed E-state index contributed by atoms with van der Waals surface area (Å²) >= 11 is 0. The Morgan fingerprint density at radius 1 is 1.19 bits per heavy atom. The predicted octanol–water partition coefficient (Wildman–Crippen LogP) is -0.127. The maximum Gasteiger partial charge on any atom is 0.239 e.